The summed E-state index contributed by atoms with van der Waals surface area (Å²) in [5.41, 5.74) is 1.23. The largest absolute Gasteiger partial charge is 0.478 e. The van der Waals surface area contributed by atoms with Crippen LogP contribution in [-0.2, 0) is 32.5 Å². The first kappa shape index (κ1) is 34.8. The minimum atomic E-state index is -4.60. The molecule has 1 aliphatic rings. The SMILES string of the molecule is CN1/C(=C/C=C/c2n(Cc3ccc(C(=O)O)cc3)c3cc(C(F)(F)F)ccc3[n+]2C)N(Cc2ccc(C(=O)O)cc2)c2cc(C(F)(F)F)ccc21. The van der Waals surface area contributed by atoms with Crippen molar-refractivity contribution >= 4 is 40.4 Å². The lowest BCUT2D eigenvalue weighted by atomic mass is 10.1. The molecule has 0 radical (unpaired) electrons. The Morgan fingerprint density at radius 1 is 0.725 bits per heavy atom. The quantitative estimate of drug-likeness (QED) is 0.126. The van der Waals surface area contributed by atoms with E-state index in [1.165, 1.54) is 36.4 Å². The van der Waals surface area contributed by atoms with Gasteiger partial charge in [-0.05, 0) is 71.8 Å². The Kier molecular flexibility index (Phi) is 8.88. The molecule has 14 heteroatoms. The van der Waals surface area contributed by atoms with Gasteiger partial charge in [-0.1, -0.05) is 30.3 Å². The van der Waals surface area contributed by atoms with Crippen molar-refractivity contribution in [3.8, 4) is 0 Å². The Morgan fingerprint density at radius 3 is 1.80 bits per heavy atom. The lowest BCUT2D eigenvalue weighted by molar-refractivity contribution is -0.647. The average Bonchev–Trinajstić information content (AvgIpc) is 3.49. The van der Waals surface area contributed by atoms with Gasteiger partial charge in [0.15, 0.2) is 11.0 Å². The molecule has 6 rings (SSSR count). The van der Waals surface area contributed by atoms with E-state index in [-0.39, 0.29) is 35.4 Å². The number of hydrogen-bond acceptors (Lipinski definition) is 4. The topological polar surface area (TPSA) is 89.9 Å². The highest BCUT2D eigenvalue weighted by Gasteiger charge is 2.36. The summed E-state index contributed by atoms with van der Waals surface area (Å²) in [6, 6.07) is 18.8. The van der Waals surface area contributed by atoms with Crippen LogP contribution in [0.4, 0.5) is 37.7 Å². The van der Waals surface area contributed by atoms with Gasteiger partial charge in [-0.25, -0.2) is 18.7 Å². The molecule has 2 N–H and O–H groups in total. The van der Waals surface area contributed by atoms with Crippen molar-refractivity contribution in [2.45, 2.75) is 25.4 Å². The first-order chi connectivity index (χ1) is 24.0. The molecule has 0 atom stereocenters. The summed E-state index contributed by atoms with van der Waals surface area (Å²) in [6.45, 7) is 0.192. The molecule has 1 aliphatic heterocycles. The van der Waals surface area contributed by atoms with Crippen molar-refractivity contribution in [2.24, 2.45) is 7.05 Å². The molecule has 4 aromatic carbocycles. The summed E-state index contributed by atoms with van der Waals surface area (Å²) < 4.78 is 86.0. The van der Waals surface area contributed by atoms with Crippen LogP contribution in [0, 0.1) is 0 Å². The number of nitrogens with zero attached hydrogens (tertiary/aromatic N) is 4. The fraction of sp³-hybridized carbons (Fsp3) is 0.162. The number of alkyl halides is 6. The third-order valence-electron chi connectivity index (χ3n) is 8.72. The Balaban J connectivity index is 1.44. The van der Waals surface area contributed by atoms with E-state index in [9.17, 15) is 46.1 Å². The molecule has 0 saturated carbocycles. The van der Waals surface area contributed by atoms with E-state index in [1.54, 1.807) is 75.5 Å². The van der Waals surface area contributed by atoms with Gasteiger partial charge < -0.3 is 20.0 Å². The Bertz CT molecular complexity index is 2220. The standard InChI is InChI=1S/C37H28F6N4O4/c1-44-28-16-14-26(36(38,39)40)18-30(28)46(20-22-6-10-24(11-7-22)34(48)49)32(44)4-3-5-33-45(2)29-17-15-27(37(41,42)43)19-31(29)47(33)21-23-8-12-25(13-9-23)35(50)51/h3-19H,20-21H2,1-2H3,(H-,48,49,50,51)/p+1. The van der Waals surface area contributed by atoms with Crippen LogP contribution in [-0.4, -0.2) is 33.8 Å². The van der Waals surface area contributed by atoms with Gasteiger partial charge in [-0.3, -0.25) is 0 Å². The Labute approximate surface area is 287 Å². The van der Waals surface area contributed by atoms with Crippen LogP contribution in [0.1, 0.15) is 48.8 Å². The van der Waals surface area contributed by atoms with Gasteiger partial charge in [0.2, 0.25) is 0 Å². The van der Waals surface area contributed by atoms with Crippen LogP contribution in [0.5, 0.6) is 0 Å². The van der Waals surface area contributed by atoms with Crippen LogP contribution in [0.25, 0.3) is 17.1 Å². The maximum atomic E-state index is 13.8. The molecule has 0 bridgehead atoms. The molecule has 8 nitrogen and oxygen atoms in total. The number of benzene rings is 4. The van der Waals surface area contributed by atoms with E-state index in [0.29, 0.717) is 34.0 Å². The zero-order valence-electron chi connectivity index (χ0n) is 27.0. The summed E-state index contributed by atoms with van der Waals surface area (Å²) in [6.07, 6.45) is -4.22. The zero-order chi connectivity index (χ0) is 36.8. The second kappa shape index (κ2) is 13.0. The lowest BCUT2D eigenvalue weighted by Gasteiger charge is -2.23. The summed E-state index contributed by atoms with van der Waals surface area (Å²) in [7, 11) is 3.38. The molecule has 0 unspecified atom stereocenters. The number of rotatable bonds is 8. The number of carboxylic acid groups (broad SMARTS) is 2. The number of aromatic nitrogens is 2. The number of carboxylic acids is 2. The number of allylic oxidation sites excluding steroid dienone is 2. The highest BCUT2D eigenvalue weighted by molar-refractivity contribution is 5.88. The van der Waals surface area contributed by atoms with Crippen molar-refractivity contribution in [1.29, 1.82) is 0 Å². The fourth-order valence-electron chi connectivity index (χ4n) is 6.08. The van der Waals surface area contributed by atoms with Gasteiger partial charge in [0.1, 0.15) is 12.4 Å². The molecule has 5 aromatic rings. The maximum absolute atomic E-state index is 13.8. The van der Waals surface area contributed by atoms with Crippen molar-refractivity contribution in [1.82, 2.24) is 4.57 Å². The fourth-order valence-corrected chi connectivity index (χ4v) is 6.08. The van der Waals surface area contributed by atoms with Crippen LogP contribution < -0.4 is 14.4 Å². The van der Waals surface area contributed by atoms with E-state index >= 15 is 0 Å². The van der Waals surface area contributed by atoms with Crippen LogP contribution in [0.2, 0.25) is 0 Å². The summed E-state index contributed by atoms with van der Waals surface area (Å²) >= 11 is 0. The number of aryl methyl sites for hydroxylation is 1. The molecular formula is C37H29F6N4O4+. The van der Waals surface area contributed by atoms with Gasteiger partial charge in [0, 0.05) is 25.7 Å². The van der Waals surface area contributed by atoms with Crippen molar-refractivity contribution in [3.05, 3.63) is 142 Å². The molecule has 0 saturated heterocycles. The molecular weight excluding hydrogens is 678 g/mol. The number of hydrogen-bond donors (Lipinski definition) is 2. The van der Waals surface area contributed by atoms with E-state index < -0.39 is 35.4 Å². The molecule has 262 valence electrons. The number of aromatic carboxylic acids is 2. The van der Waals surface area contributed by atoms with Gasteiger partial charge in [-0.2, -0.15) is 26.3 Å². The van der Waals surface area contributed by atoms with Gasteiger partial charge in [-0.15, -0.1) is 0 Å². The van der Waals surface area contributed by atoms with E-state index in [1.807, 2.05) is 0 Å². The van der Waals surface area contributed by atoms with Gasteiger partial charge in [0.05, 0.1) is 40.7 Å². The number of carbonyl (C=O) groups is 2. The summed E-state index contributed by atoms with van der Waals surface area (Å²) in [5.74, 6) is -1.27. The van der Waals surface area contributed by atoms with Gasteiger partial charge >= 0.3 is 24.3 Å². The van der Waals surface area contributed by atoms with E-state index in [2.05, 4.69) is 0 Å². The number of anilines is 2. The zero-order valence-corrected chi connectivity index (χ0v) is 27.0. The monoisotopic (exact) mass is 707 g/mol. The van der Waals surface area contributed by atoms with Crippen LogP contribution >= 0.6 is 0 Å². The molecule has 0 amide bonds. The lowest BCUT2D eigenvalue weighted by Crippen LogP contribution is -2.31. The molecule has 0 spiro atoms. The van der Waals surface area contributed by atoms with Gasteiger partial charge in [0.25, 0.3) is 5.82 Å². The number of imidazole rings is 1. The first-order valence-corrected chi connectivity index (χ1v) is 15.4. The normalized spacial score (nSPS) is 14.2. The minimum absolute atomic E-state index is 0.0548. The molecule has 0 fully saturated rings. The van der Waals surface area contributed by atoms with Crippen LogP contribution in [0.15, 0.2) is 103 Å². The average molecular weight is 708 g/mol. The highest BCUT2D eigenvalue weighted by atomic mass is 19.4. The second-order valence-corrected chi connectivity index (χ2v) is 11.9. The minimum Gasteiger partial charge on any atom is -0.478 e. The second-order valence-electron chi connectivity index (χ2n) is 11.9. The van der Waals surface area contributed by atoms with Crippen molar-refractivity contribution in [2.75, 3.05) is 16.8 Å². The van der Waals surface area contributed by atoms with Crippen molar-refractivity contribution < 1.29 is 50.7 Å². The highest BCUT2D eigenvalue weighted by Crippen LogP contribution is 2.45. The van der Waals surface area contributed by atoms with Crippen LogP contribution in [0.3, 0.4) is 0 Å². The molecule has 1 aromatic heterocycles. The van der Waals surface area contributed by atoms with E-state index in [0.717, 1.165) is 24.3 Å². The molecule has 51 heavy (non-hydrogen) atoms. The predicted octanol–water partition coefficient (Wildman–Crippen LogP) is 7.96. The van der Waals surface area contributed by atoms with E-state index in [4.69, 9.17) is 0 Å². The molecule has 2 heterocycles. The maximum Gasteiger partial charge on any atom is 0.416 e. The third-order valence-corrected chi connectivity index (χ3v) is 8.72. The number of fused-ring (bicyclic) bond motifs is 2. The predicted molar refractivity (Wildman–Crippen MR) is 177 cm³/mol. The number of halogens is 6. The summed E-state index contributed by atoms with van der Waals surface area (Å²) in [5, 5.41) is 18.6. The third kappa shape index (κ3) is 6.89. The first-order valence-electron chi connectivity index (χ1n) is 15.4. The summed E-state index contributed by atoms with van der Waals surface area (Å²) in [4.78, 5) is 26.1. The molecule has 0 aliphatic carbocycles. The smallest absolute Gasteiger partial charge is 0.416 e. The Morgan fingerprint density at radius 2 is 1.25 bits per heavy atom. The Hall–Kier alpha value is -6.05. The van der Waals surface area contributed by atoms with Crippen molar-refractivity contribution in [3.63, 3.8) is 0 Å².